The predicted molar refractivity (Wildman–Crippen MR) is 60.7 cm³/mol. The van der Waals surface area contributed by atoms with Crippen molar-refractivity contribution in [3.63, 3.8) is 0 Å². The second kappa shape index (κ2) is 6.21. The maximum absolute atomic E-state index is 13.2. The molecular weight excluding hydrogens is 266 g/mol. The summed E-state index contributed by atoms with van der Waals surface area (Å²) in [4.78, 5) is 0. The zero-order chi connectivity index (χ0) is 14.6. The van der Waals surface area contributed by atoms with Gasteiger partial charge in [0.05, 0.1) is 12.2 Å². The van der Waals surface area contributed by atoms with Crippen molar-refractivity contribution in [1.82, 2.24) is 0 Å². The highest BCUT2D eigenvalue weighted by Crippen LogP contribution is 2.26. The first-order valence-electron chi connectivity index (χ1n) is 5.67. The Kier molecular flexibility index (Phi) is 5.13. The normalized spacial score (nSPS) is 14.3. The molecule has 0 spiro atoms. The molecule has 0 radical (unpaired) electrons. The highest BCUT2D eigenvalue weighted by molar-refractivity contribution is 5.28. The van der Waals surface area contributed by atoms with Gasteiger partial charge in [0.2, 0.25) is 11.6 Å². The van der Waals surface area contributed by atoms with E-state index in [9.17, 15) is 22.7 Å². The molecule has 0 aliphatic rings. The van der Waals surface area contributed by atoms with Gasteiger partial charge in [-0.2, -0.15) is 8.78 Å². The minimum absolute atomic E-state index is 0.0182. The Bertz CT molecular complexity index is 426. The monoisotopic (exact) mass is 281 g/mol. The van der Waals surface area contributed by atoms with Crippen molar-refractivity contribution in [2.24, 2.45) is 5.73 Å². The molecule has 0 amide bonds. The number of aliphatic hydroxyl groups is 1. The highest BCUT2D eigenvalue weighted by Gasteiger charge is 2.21. The fourth-order valence-electron chi connectivity index (χ4n) is 1.41. The van der Waals surface area contributed by atoms with Crippen molar-refractivity contribution in [3.05, 3.63) is 29.3 Å². The molecule has 1 aromatic rings. The molecule has 0 heterocycles. The summed E-state index contributed by atoms with van der Waals surface area (Å²) >= 11 is 0. The highest BCUT2D eigenvalue weighted by atomic mass is 19.2. The van der Waals surface area contributed by atoms with Gasteiger partial charge in [-0.1, -0.05) is 0 Å². The topological polar surface area (TPSA) is 55.5 Å². The number of ether oxygens (including phenoxy) is 1. The van der Waals surface area contributed by atoms with Crippen LogP contribution >= 0.6 is 0 Å². The van der Waals surface area contributed by atoms with Gasteiger partial charge in [-0.05, 0) is 19.8 Å². The van der Waals surface area contributed by atoms with E-state index in [2.05, 4.69) is 4.74 Å². The number of halogens is 4. The lowest BCUT2D eigenvalue weighted by Gasteiger charge is -2.20. The fraction of sp³-hybridized carbons (Fsp3) is 0.500. The first kappa shape index (κ1) is 15.7. The number of hydrogen-bond acceptors (Lipinski definition) is 3. The van der Waals surface area contributed by atoms with Gasteiger partial charge >= 0.3 is 0 Å². The SMILES string of the molecule is CC(O)(CN)CCCOc1c(F)c(F)cc(F)c1F. The summed E-state index contributed by atoms with van der Waals surface area (Å²) in [6, 6.07) is 0.108. The van der Waals surface area contributed by atoms with E-state index in [1.807, 2.05) is 0 Å². The molecule has 3 N–H and O–H groups in total. The second-order valence-corrected chi connectivity index (χ2v) is 4.45. The van der Waals surface area contributed by atoms with Crippen LogP contribution in [-0.4, -0.2) is 23.9 Å². The summed E-state index contributed by atoms with van der Waals surface area (Å²) in [5.41, 5.74) is 4.16. The minimum atomic E-state index is -1.58. The third-order valence-electron chi connectivity index (χ3n) is 2.62. The van der Waals surface area contributed by atoms with Gasteiger partial charge in [0, 0.05) is 12.6 Å². The molecule has 7 heteroatoms. The molecule has 0 saturated heterocycles. The number of rotatable bonds is 6. The molecule has 1 atom stereocenters. The van der Waals surface area contributed by atoms with Gasteiger partial charge in [-0.25, -0.2) is 8.78 Å². The van der Waals surface area contributed by atoms with Crippen LogP contribution in [-0.2, 0) is 0 Å². The first-order chi connectivity index (χ1) is 8.78. The average Bonchev–Trinajstić information content (AvgIpc) is 2.35. The number of hydrogen-bond donors (Lipinski definition) is 2. The molecule has 3 nitrogen and oxygen atoms in total. The Balaban J connectivity index is 2.64. The molecule has 0 fully saturated rings. The smallest absolute Gasteiger partial charge is 0.203 e. The summed E-state index contributed by atoms with van der Waals surface area (Å²) in [5, 5.41) is 9.57. The van der Waals surface area contributed by atoms with Crippen LogP contribution in [0.3, 0.4) is 0 Å². The molecule has 0 aliphatic carbocycles. The Morgan fingerprint density at radius 1 is 1.21 bits per heavy atom. The van der Waals surface area contributed by atoms with Crippen LogP contribution in [0.25, 0.3) is 0 Å². The van der Waals surface area contributed by atoms with E-state index < -0.39 is 34.6 Å². The van der Waals surface area contributed by atoms with Gasteiger partial charge in [-0.3, -0.25) is 0 Å². The van der Waals surface area contributed by atoms with Crippen LogP contribution in [0.4, 0.5) is 17.6 Å². The molecule has 0 saturated carbocycles. The lowest BCUT2D eigenvalue weighted by atomic mass is 10.0. The molecule has 0 bridgehead atoms. The summed E-state index contributed by atoms with van der Waals surface area (Å²) in [6.07, 6.45) is 0.450. The Hall–Kier alpha value is -1.34. The zero-order valence-electron chi connectivity index (χ0n) is 10.4. The fourth-order valence-corrected chi connectivity index (χ4v) is 1.41. The van der Waals surface area contributed by atoms with E-state index >= 15 is 0 Å². The lowest BCUT2D eigenvalue weighted by Crippen LogP contribution is -2.34. The summed E-state index contributed by atoms with van der Waals surface area (Å²) in [7, 11) is 0. The first-order valence-corrected chi connectivity index (χ1v) is 5.67. The van der Waals surface area contributed by atoms with Crippen molar-refractivity contribution in [1.29, 1.82) is 0 Å². The van der Waals surface area contributed by atoms with Crippen molar-refractivity contribution in [3.8, 4) is 5.75 Å². The van der Waals surface area contributed by atoms with Gasteiger partial charge in [0.15, 0.2) is 17.4 Å². The molecular formula is C12H15F4NO2. The quantitative estimate of drug-likeness (QED) is 0.477. The van der Waals surface area contributed by atoms with Crippen molar-refractivity contribution >= 4 is 0 Å². The number of nitrogens with two attached hydrogens (primary N) is 1. The lowest BCUT2D eigenvalue weighted by molar-refractivity contribution is 0.0532. The van der Waals surface area contributed by atoms with Crippen LogP contribution in [0, 0.1) is 23.3 Å². The largest absolute Gasteiger partial charge is 0.487 e. The molecule has 19 heavy (non-hydrogen) atoms. The van der Waals surface area contributed by atoms with Crippen molar-refractivity contribution in [2.75, 3.05) is 13.2 Å². The van der Waals surface area contributed by atoms with Gasteiger partial charge < -0.3 is 15.6 Å². The van der Waals surface area contributed by atoms with Crippen molar-refractivity contribution < 1.29 is 27.4 Å². The maximum Gasteiger partial charge on any atom is 0.203 e. The standard InChI is InChI=1S/C12H15F4NO2/c1-12(18,6-17)3-2-4-19-11-9(15)7(13)5-8(14)10(11)16/h5,18H,2-4,6,17H2,1H3. The third-order valence-corrected chi connectivity index (χ3v) is 2.62. The Morgan fingerprint density at radius 3 is 2.21 bits per heavy atom. The van der Waals surface area contributed by atoms with Crippen LogP contribution in [0.1, 0.15) is 19.8 Å². The molecule has 0 aliphatic heterocycles. The number of benzene rings is 1. The summed E-state index contributed by atoms with van der Waals surface area (Å²) in [5.74, 6) is -7.30. The molecule has 108 valence electrons. The Morgan fingerprint density at radius 2 is 1.74 bits per heavy atom. The maximum atomic E-state index is 13.2. The van der Waals surface area contributed by atoms with Crippen LogP contribution < -0.4 is 10.5 Å². The third kappa shape index (κ3) is 4.07. The predicted octanol–water partition coefficient (Wildman–Crippen LogP) is 2.11. The van der Waals surface area contributed by atoms with E-state index in [0.717, 1.165) is 0 Å². The van der Waals surface area contributed by atoms with E-state index in [-0.39, 0.29) is 32.1 Å². The average molecular weight is 281 g/mol. The van der Waals surface area contributed by atoms with Gasteiger partial charge in [-0.15, -0.1) is 0 Å². The van der Waals surface area contributed by atoms with E-state index in [1.54, 1.807) is 0 Å². The van der Waals surface area contributed by atoms with Gasteiger partial charge in [0.1, 0.15) is 0 Å². The molecule has 1 rings (SSSR count). The minimum Gasteiger partial charge on any atom is -0.487 e. The van der Waals surface area contributed by atoms with Crippen LogP contribution in [0.15, 0.2) is 6.07 Å². The zero-order valence-corrected chi connectivity index (χ0v) is 10.4. The van der Waals surface area contributed by atoms with Crippen molar-refractivity contribution in [2.45, 2.75) is 25.4 Å². The summed E-state index contributed by atoms with van der Waals surface area (Å²) in [6.45, 7) is 1.31. The van der Waals surface area contributed by atoms with Crippen LogP contribution in [0.5, 0.6) is 5.75 Å². The second-order valence-electron chi connectivity index (χ2n) is 4.45. The van der Waals surface area contributed by atoms with Crippen LogP contribution in [0.2, 0.25) is 0 Å². The molecule has 1 aromatic carbocycles. The Labute approximate surface area is 108 Å². The molecule has 1 unspecified atom stereocenters. The van der Waals surface area contributed by atoms with E-state index in [4.69, 9.17) is 5.73 Å². The molecule has 0 aromatic heterocycles. The van der Waals surface area contributed by atoms with E-state index in [1.165, 1.54) is 6.92 Å². The van der Waals surface area contributed by atoms with E-state index in [0.29, 0.717) is 0 Å². The van der Waals surface area contributed by atoms with Gasteiger partial charge in [0.25, 0.3) is 0 Å². The summed E-state index contributed by atoms with van der Waals surface area (Å²) < 4.78 is 56.8.